The quantitative estimate of drug-likeness (QED) is 0.759. The van der Waals surface area contributed by atoms with E-state index in [9.17, 15) is 4.79 Å². The molecule has 18 heavy (non-hydrogen) atoms. The largest absolute Gasteiger partial charge is 0.359 e. The topological polar surface area (TPSA) is 20.3 Å². The van der Waals surface area contributed by atoms with Gasteiger partial charge in [-0.3, -0.25) is 4.79 Å². The van der Waals surface area contributed by atoms with Crippen LogP contribution < -0.4 is 4.90 Å². The van der Waals surface area contributed by atoms with E-state index in [4.69, 9.17) is 0 Å². The van der Waals surface area contributed by atoms with Gasteiger partial charge in [-0.15, -0.1) is 0 Å². The van der Waals surface area contributed by atoms with Gasteiger partial charge in [-0.25, -0.2) is 0 Å². The molecule has 1 heterocycles. The first-order valence-electron chi connectivity index (χ1n) is 6.17. The zero-order valence-corrected chi connectivity index (χ0v) is 10.4. The maximum Gasteiger partial charge on any atom is 0.182 e. The fraction of sp³-hybridized carbons (Fsp3) is 0.188. The minimum Gasteiger partial charge on any atom is -0.359 e. The second kappa shape index (κ2) is 4.30. The third kappa shape index (κ3) is 1.90. The van der Waals surface area contributed by atoms with Crippen LogP contribution in [-0.4, -0.2) is 12.3 Å². The van der Waals surface area contributed by atoms with Crippen molar-refractivity contribution in [1.29, 1.82) is 0 Å². The van der Waals surface area contributed by atoms with E-state index in [1.807, 2.05) is 30.3 Å². The smallest absolute Gasteiger partial charge is 0.182 e. The average Bonchev–Trinajstić information content (AvgIpc) is 2.39. The number of hydrogen-bond acceptors (Lipinski definition) is 2. The van der Waals surface area contributed by atoms with Gasteiger partial charge < -0.3 is 4.90 Å². The number of fused-ring (bicyclic) bond motifs is 1. The van der Waals surface area contributed by atoms with Crippen molar-refractivity contribution in [3.63, 3.8) is 0 Å². The van der Waals surface area contributed by atoms with Gasteiger partial charge in [-0.05, 0) is 30.2 Å². The Balaban J connectivity index is 1.97. The van der Waals surface area contributed by atoms with Crippen LogP contribution in [0.25, 0.3) is 0 Å². The molecule has 0 saturated heterocycles. The van der Waals surface area contributed by atoms with Crippen LogP contribution in [0.1, 0.15) is 21.5 Å². The molecule has 0 amide bonds. The van der Waals surface area contributed by atoms with Gasteiger partial charge in [0.05, 0.1) is 6.54 Å². The Morgan fingerprint density at radius 2 is 1.83 bits per heavy atom. The third-order valence-electron chi connectivity index (χ3n) is 3.38. The monoisotopic (exact) mass is 237 g/mol. The van der Waals surface area contributed by atoms with Crippen LogP contribution in [0.5, 0.6) is 0 Å². The Hall–Kier alpha value is -2.09. The van der Waals surface area contributed by atoms with Crippen LogP contribution in [0.4, 0.5) is 5.69 Å². The summed E-state index contributed by atoms with van der Waals surface area (Å²) in [5, 5.41) is 0. The van der Waals surface area contributed by atoms with Crippen molar-refractivity contribution in [2.75, 3.05) is 11.4 Å². The summed E-state index contributed by atoms with van der Waals surface area (Å²) < 4.78 is 0. The highest BCUT2D eigenvalue weighted by molar-refractivity contribution is 6.02. The first-order valence-corrected chi connectivity index (χ1v) is 6.17. The molecule has 0 atom stereocenters. The van der Waals surface area contributed by atoms with E-state index in [2.05, 4.69) is 30.0 Å². The predicted molar refractivity (Wildman–Crippen MR) is 73.0 cm³/mol. The zero-order chi connectivity index (χ0) is 12.5. The lowest BCUT2D eigenvalue weighted by Gasteiger charge is -2.29. The highest BCUT2D eigenvalue weighted by Gasteiger charge is 2.22. The maximum absolute atomic E-state index is 12.1. The van der Waals surface area contributed by atoms with Crippen molar-refractivity contribution in [3.05, 3.63) is 65.2 Å². The molecule has 90 valence electrons. The lowest BCUT2D eigenvalue weighted by Crippen LogP contribution is -2.34. The molecular weight excluding hydrogens is 222 g/mol. The van der Waals surface area contributed by atoms with E-state index in [-0.39, 0.29) is 5.78 Å². The molecule has 1 aliphatic rings. The minimum atomic E-state index is 0.207. The molecule has 2 aromatic rings. The number of carbonyl (C=O) groups excluding carboxylic acids is 1. The summed E-state index contributed by atoms with van der Waals surface area (Å²) in [5.41, 5.74) is 4.34. The van der Waals surface area contributed by atoms with Crippen LogP contribution in [0.3, 0.4) is 0 Å². The molecule has 0 aliphatic carbocycles. The van der Waals surface area contributed by atoms with Crippen LogP contribution in [0, 0.1) is 6.92 Å². The molecule has 0 bridgehead atoms. The normalized spacial score (nSPS) is 14.5. The average molecular weight is 237 g/mol. The van der Waals surface area contributed by atoms with Crippen LogP contribution in [0.2, 0.25) is 0 Å². The Labute approximate surface area is 107 Å². The van der Waals surface area contributed by atoms with Crippen molar-refractivity contribution in [1.82, 2.24) is 0 Å². The van der Waals surface area contributed by atoms with E-state index < -0.39 is 0 Å². The number of Topliss-reactive ketones (excluding diaryl/α,β-unsaturated/α-hetero) is 1. The van der Waals surface area contributed by atoms with Gasteiger partial charge in [0, 0.05) is 17.8 Å². The zero-order valence-electron chi connectivity index (χ0n) is 10.4. The van der Waals surface area contributed by atoms with Crippen molar-refractivity contribution in [2.45, 2.75) is 13.5 Å². The molecule has 2 nitrogen and oxygen atoms in total. The second-order valence-corrected chi connectivity index (χ2v) is 4.78. The lowest BCUT2D eigenvalue weighted by molar-refractivity contribution is 0.0992. The molecular formula is C16H15NO. The molecule has 0 radical (unpaired) electrons. The van der Waals surface area contributed by atoms with Crippen molar-refractivity contribution < 1.29 is 4.79 Å². The maximum atomic E-state index is 12.1. The van der Waals surface area contributed by atoms with Crippen molar-refractivity contribution in [2.24, 2.45) is 0 Å². The van der Waals surface area contributed by atoms with E-state index >= 15 is 0 Å². The molecule has 0 spiro atoms. The van der Waals surface area contributed by atoms with Gasteiger partial charge in [0.25, 0.3) is 0 Å². The van der Waals surface area contributed by atoms with Crippen molar-refractivity contribution >= 4 is 11.5 Å². The molecule has 2 heteroatoms. The van der Waals surface area contributed by atoms with Crippen LogP contribution >= 0.6 is 0 Å². The number of aryl methyl sites for hydroxylation is 1. The molecule has 0 N–H and O–H groups in total. The summed E-state index contributed by atoms with van der Waals surface area (Å²) in [7, 11) is 0. The van der Waals surface area contributed by atoms with Crippen molar-refractivity contribution in [3.8, 4) is 0 Å². The summed E-state index contributed by atoms with van der Waals surface area (Å²) in [5.74, 6) is 0.207. The summed E-state index contributed by atoms with van der Waals surface area (Å²) in [6.45, 7) is 3.36. The minimum absolute atomic E-state index is 0.207. The Bertz CT molecular complexity index is 604. The fourth-order valence-corrected chi connectivity index (χ4v) is 2.46. The van der Waals surface area contributed by atoms with Gasteiger partial charge in [-0.1, -0.05) is 36.4 Å². The van der Waals surface area contributed by atoms with E-state index in [0.717, 1.165) is 23.4 Å². The number of benzene rings is 2. The first kappa shape index (κ1) is 11.0. The van der Waals surface area contributed by atoms with Gasteiger partial charge in [0.2, 0.25) is 0 Å². The van der Waals surface area contributed by atoms with E-state index in [0.29, 0.717) is 6.54 Å². The number of carbonyl (C=O) groups is 1. The standard InChI is InChI=1S/C16H15NO/c1-12-5-4-7-14(9-12)17-10-13-6-2-3-8-15(13)16(18)11-17/h2-9H,10-11H2,1H3. The molecule has 1 aliphatic heterocycles. The molecule has 0 unspecified atom stereocenters. The molecule has 0 fully saturated rings. The van der Waals surface area contributed by atoms with Crippen LogP contribution in [0.15, 0.2) is 48.5 Å². The second-order valence-electron chi connectivity index (χ2n) is 4.78. The molecule has 0 aromatic heterocycles. The van der Waals surface area contributed by atoms with E-state index in [1.54, 1.807) is 0 Å². The number of ketones is 1. The fourth-order valence-electron chi connectivity index (χ4n) is 2.46. The summed E-state index contributed by atoms with van der Waals surface area (Å²) in [6, 6.07) is 16.2. The Kier molecular flexibility index (Phi) is 2.63. The summed E-state index contributed by atoms with van der Waals surface area (Å²) in [4.78, 5) is 14.2. The number of rotatable bonds is 1. The van der Waals surface area contributed by atoms with Gasteiger partial charge in [0.1, 0.15) is 0 Å². The van der Waals surface area contributed by atoms with Gasteiger partial charge in [-0.2, -0.15) is 0 Å². The highest BCUT2D eigenvalue weighted by Crippen LogP contribution is 2.24. The number of anilines is 1. The Morgan fingerprint density at radius 3 is 2.67 bits per heavy atom. The summed E-state index contributed by atoms with van der Waals surface area (Å²) >= 11 is 0. The van der Waals surface area contributed by atoms with E-state index in [1.165, 1.54) is 5.56 Å². The van der Waals surface area contributed by atoms with Gasteiger partial charge in [0.15, 0.2) is 5.78 Å². The Morgan fingerprint density at radius 1 is 1.00 bits per heavy atom. The van der Waals surface area contributed by atoms with Crippen LogP contribution in [-0.2, 0) is 6.54 Å². The molecule has 2 aromatic carbocycles. The summed E-state index contributed by atoms with van der Waals surface area (Å²) in [6.07, 6.45) is 0. The lowest BCUT2D eigenvalue weighted by atomic mass is 9.98. The van der Waals surface area contributed by atoms with Gasteiger partial charge >= 0.3 is 0 Å². The predicted octanol–water partition coefficient (Wildman–Crippen LogP) is 3.20. The SMILES string of the molecule is Cc1cccc(N2CC(=O)c3ccccc3C2)c1. The molecule has 3 rings (SSSR count). The number of hydrogen-bond donors (Lipinski definition) is 0. The first-order chi connectivity index (χ1) is 8.74. The third-order valence-corrected chi connectivity index (χ3v) is 3.38. The highest BCUT2D eigenvalue weighted by atomic mass is 16.1. The molecule has 0 saturated carbocycles. The number of nitrogens with zero attached hydrogens (tertiary/aromatic N) is 1.